The number of amides is 2. The van der Waals surface area contributed by atoms with Crippen LogP contribution < -0.4 is 10.6 Å². The summed E-state index contributed by atoms with van der Waals surface area (Å²) >= 11 is 0. The van der Waals surface area contributed by atoms with Gasteiger partial charge in [0.1, 0.15) is 6.04 Å². The summed E-state index contributed by atoms with van der Waals surface area (Å²) in [6, 6.07) is -1.12. The Morgan fingerprint density at radius 3 is 2.43 bits per heavy atom. The average Bonchev–Trinajstić information content (AvgIpc) is 3.36. The van der Waals surface area contributed by atoms with E-state index in [4.69, 9.17) is 0 Å². The zero-order valence-electron chi connectivity index (χ0n) is 11.7. The van der Waals surface area contributed by atoms with Crippen LogP contribution in [-0.2, 0) is 11.2 Å². The molecule has 0 bridgehead atoms. The first-order valence-corrected chi connectivity index (χ1v) is 7.40. The minimum Gasteiger partial charge on any atom is -0.480 e. The molecule has 7 nitrogen and oxygen atoms in total. The number of carbonyl (C=O) groups is 2. The first-order chi connectivity index (χ1) is 10.1. The number of H-pyrrole nitrogens is 1. The van der Waals surface area contributed by atoms with Crippen molar-refractivity contribution >= 4 is 12.0 Å². The molecule has 1 atom stereocenters. The van der Waals surface area contributed by atoms with Gasteiger partial charge >= 0.3 is 12.0 Å². The molecule has 2 aliphatic carbocycles. The predicted octanol–water partition coefficient (Wildman–Crippen LogP) is 0.893. The number of aromatic amines is 1. The maximum atomic E-state index is 12.0. The maximum Gasteiger partial charge on any atom is 0.326 e. The molecule has 4 N–H and O–H groups in total. The van der Waals surface area contributed by atoms with Crippen LogP contribution in [0.1, 0.15) is 31.4 Å². The van der Waals surface area contributed by atoms with Crippen molar-refractivity contribution in [2.45, 2.75) is 44.2 Å². The summed E-state index contributed by atoms with van der Waals surface area (Å²) in [6.07, 6.45) is 7.91. The number of carboxylic acids is 1. The number of imidazole rings is 1. The summed E-state index contributed by atoms with van der Waals surface area (Å²) in [5.41, 5.74) is 0.684. The van der Waals surface area contributed by atoms with Crippen molar-refractivity contribution in [3.63, 3.8) is 0 Å². The van der Waals surface area contributed by atoms with E-state index in [0.717, 1.165) is 25.7 Å². The highest BCUT2D eigenvalue weighted by Crippen LogP contribution is 2.44. The van der Waals surface area contributed by atoms with Gasteiger partial charge in [0.2, 0.25) is 0 Å². The standard InChI is InChI=1S/C14H20N4O3/c19-13(20)11(5-10-6-15-7-16-10)17-14(21)18-12(8-1-2-8)9-3-4-9/h6-9,11-12H,1-5H2,(H,15,16)(H,19,20)(H2,17,18,21)/t11-/m1/s1. The Balaban J connectivity index is 1.54. The molecule has 1 heterocycles. The maximum absolute atomic E-state index is 12.0. The summed E-state index contributed by atoms with van der Waals surface area (Å²) in [5.74, 6) is 0.118. The molecule has 1 aromatic rings. The number of aromatic nitrogens is 2. The first kappa shape index (κ1) is 13.9. The first-order valence-electron chi connectivity index (χ1n) is 7.40. The van der Waals surface area contributed by atoms with Crippen molar-refractivity contribution in [3.8, 4) is 0 Å². The lowest BCUT2D eigenvalue weighted by molar-refractivity contribution is -0.139. The molecule has 1 aromatic heterocycles. The van der Waals surface area contributed by atoms with Gasteiger partial charge in [-0.25, -0.2) is 14.6 Å². The molecule has 0 radical (unpaired) electrons. The number of nitrogens with one attached hydrogen (secondary N) is 3. The summed E-state index contributed by atoms with van der Waals surface area (Å²) < 4.78 is 0. The van der Waals surface area contributed by atoms with Crippen molar-refractivity contribution in [2.24, 2.45) is 11.8 Å². The summed E-state index contributed by atoms with van der Waals surface area (Å²) in [4.78, 5) is 30.0. The van der Waals surface area contributed by atoms with Crippen molar-refractivity contribution in [3.05, 3.63) is 18.2 Å². The number of nitrogens with zero attached hydrogens (tertiary/aromatic N) is 1. The number of carboxylic acid groups (broad SMARTS) is 1. The van der Waals surface area contributed by atoms with Crippen LogP contribution in [0.25, 0.3) is 0 Å². The van der Waals surface area contributed by atoms with Crippen LogP contribution in [0.5, 0.6) is 0 Å². The number of hydrogen-bond acceptors (Lipinski definition) is 3. The highest BCUT2D eigenvalue weighted by molar-refractivity contribution is 5.82. The van der Waals surface area contributed by atoms with Crippen LogP contribution >= 0.6 is 0 Å². The van der Waals surface area contributed by atoms with Gasteiger partial charge in [-0.3, -0.25) is 0 Å². The third-order valence-corrected chi connectivity index (χ3v) is 4.14. The van der Waals surface area contributed by atoms with Crippen LogP contribution in [0.15, 0.2) is 12.5 Å². The number of hydrogen-bond donors (Lipinski definition) is 4. The second-order valence-corrected chi connectivity index (χ2v) is 5.99. The van der Waals surface area contributed by atoms with Gasteiger partial charge in [0, 0.05) is 24.4 Å². The van der Waals surface area contributed by atoms with Crippen molar-refractivity contribution in [1.29, 1.82) is 0 Å². The number of urea groups is 1. The van der Waals surface area contributed by atoms with Crippen LogP contribution in [0.2, 0.25) is 0 Å². The Kier molecular flexibility index (Phi) is 3.81. The van der Waals surface area contributed by atoms with Crippen LogP contribution in [0.4, 0.5) is 4.79 Å². The molecular weight excluding hydrogens is 272 g/mol. The van der Waals surface area contributed by atoms with Gasteiger partial charge in [-0.15, -0.1) is 0 Å². The molecule has 21 heavy (non-hydrogen) atoms. The molecule has 0 unspecified atom stereocenters. The molecule has 0 spiro atoms. The zero-order chi connectivity index (χ0) is 14.8. The largest absolute Gasteiger partial charge is 0.480 e. The summed E-state index contributed by atoms with van der Waals surface area (Å²) in [5, 5.41) is 14.7. The monoisotopic (exact) mass is 292 g/mol. The normalized spacial score (nSPS) is 19.3. The highest BCUT2D eigenvalue weighted by atomic mass is 16.4. The minimum absolute atomic E-state index is 0.195. The molecule has 2 fully saturated rings. The van der Waals surface area contributed by atoms with E-state index in [1.165, 1.54) is 6.33 Å². The van der Waals surface area contributed by atoms with E-state index in [1.54, 1.807) is 6.20 Å². The van der Waals surface area contributed by atoms with E-state index in [-0.39, 0.29) is 18.5 Å². The number of rotatable bonds is 7. The lowest BCUT2D eigenvalue weighted by atomic mass is 10.1. The highest BCUT2D eigenvalue weighted by Gasteiger charge is 2.42. The van der Waals surface area contributed by atoms with Gasteiger partial charge in [0.05, 0.1) is 6.33 Å². The Bertz CT molecular complexity index is 496. The fraction of sp³-hybridized carbons (Fsp3) is 0.643. The second-order valence-electron chi connectivity index (χ2n) is 5.99. The van der Waals surface area contributed by atoms with E-state index < -0.39 is 12.0 Å². The topological polar surface area (TPSA) is 107 Å². The van der Waals surface area contributed by atoms with E-state index >= 15 is 0 Å². The average molecular weight is 292 g/mol. The number of carbonyl (C=O) groups excluding carboxylic acids is 1. The lowest BCUT2D eigenvalue weighted by Crippen LogP contribution is -2.51. The third-order valence-electron chi connectivity index (χ3n) is 4.14. The Morgan fingerprint density at radius 2 is 1.95 bits per heavy atom. The van der Waals surface area contributed by atoms with Crippen molar-refractivity contribution in [1.82, 2.24) is 20.6 Å². The molecule has 2 saturated carbocycles. The fourth-order valence-electron chi connectivity index (χ4n) is 2.70. The van der Waals surface area contributed by atoms with Crippen molar-refractivity contribution in [2.75, 3.05) is 0 Å². The SMILES string of the molecule is O=C(NC(C1CC1)C1CC1)N[C@H](Cc1cnc[nH]1)C(=O)O. The van der Waals surface area contributed by atoms with Gasteiger partial charge < -0.3 is 20.7 Å². The van der Waals surface area contributed by atoms with Gasteiger partial charge in [-0.05, 0) is 37.5 Å². The molecule has 114 valence electrons. The Hall–Kier alpha value is -2.05. The minimum atomic E-state index is -1.05. The Labute approximate surface area is 122 Å². The predicted molar refractivity (Wildman–Crippen MR) is 74.6 cm³/mol. The molecule has 0 aliphatic heterocycles. The molecule has 0 aromatic carbocycles. The molecule has 2 amide bonds. The van der Waals surface area contributed by atoms with E-state index in [0.29, 0.717) is 17.5 Å². The smallest absolute Gasteiger partial charge is 0.326 e. The van der Waals surface area contributed by atoms with Crippen LogP contribution in [0.3, 0.4) is 0 Å². The van der Waals surface area contributed by atoms with Gasteiger partial charge in [0.15, 0.2) is 0 Å². The number of aliphatic carboxylic acids is 1. The summed E-state index contributed by atoms with van der Waals surface area (Å²) in [6.45, 7) is 0. The van der Waals surface area contributed by atoms with Crippen molar-refractivity contribution < 1.29 is 14.7 Å². The second kappa shape index (κ2) is 5.75. The molecule has 2 aliphatic rings. The quantitative estimate of drug-likeness (QED) is 0.598. The summed E-state index contributed by atoms with van der Waals surface area (Å²) in [7, 11) is 0. The van der Waals surface area contributed by atoms with Crippen LogP contribution in [0, 0.1) is 11.8 Å². The fourth-order valence-corrected chi connectivity index (χ4v) is 2.70. The van der Waals surface area contributed by atoms with Gasteiger partial charge in [-0.1, -0.05) is 0 Å². The molecule has 7 heteroatoms. The van der Waals surface area contributed by atoms with Gasteiger partial charge in [-0.2, -0.15) is 0 Å². The molecular formula is C14H20N4O3. The van der Waals surface area contributed by atoms with E-state index in [9.17, 15) is 14.7 Å². The molecule has 0 saturated heterocycles. The van der Waals surface area contributed by atoms with E-state index in [2.05, 4.69) is 20.6 Å². The van der Waals surface area contributed by atoms with E-state index in [1.807, 2.05) is 0 Å². The Morgan fingerprint density at radius 1 is 1.29 bits per heavy atom. The van der Waals surface area contributed by atoms with Crippen LogP contribution in [-0.4, -0.2) is 39.2 Å². The molecule has 3 rings (SSSR count). The lowest BCUT2D eigenvalue weighted by Gasteiger charge is -2.20. The zero-order valence-corrected chi connectivity index (χ0v) is 11.7. The van der Waals surface area contributed by atoms with Gasteiger partial charge in [0.25, 0.3) is 0 Å². The third kappa shape index (κ3) is 3.74.